The lowest BCUT2D eigenvalue weighted by Crippen LogP contribution is -2.13. The van der Waals surface area contributed by atoms with E-state index in [4.69, 9.17) is 0 Å². The van der Waals surface area contributed by atoms with Gasteiger partial charge in [-0.3, -0.25) is 0 Å². The average molecular weight is 373 g/mol. The molecule has 0 aliphatic carbocycles. The Labute approximate surface area is 164 Å². The predicted molar refractivity (Wildman–Crippen MR) is 115 cm³/mol. The Morgan fingerprint density at radius 1 is 0.786 bits per heavy atom. The molecule has 3 aromatic carbocycles. The minimum atomic E-state index is 0.140. The van der Waals surface area contributed by atoms with Crippen LogP contribution in [0.15, 0.2) is 60.7 Å². The summed E-state index contributed by atoms with van der Waals surface area (Å²) < 4.78 is 0. The molecular formula is C22H23N5O. The Morgan fingerprint density at radius 2 is 1.54 bits per heavy atom. The largest absolute Gasteiger partial charge is 0.506 e. The van der Waals surface area contributed by atoms with E-state index in [2.05, 4.69) is 16.3 Å². The fraction of sp³-hybridized carbons (Fsp3) is 0.182. The molecule has 0 radical (unpaired) electrons. The number of hydrogen-bond acceptors (Lipinski definition) is 5. The van der Waals surface area contributed by atoms with E-state index in [1.165, 1.54) is 4.80 Å². The molecule has 1 N–H and O–H groups in total. The molecule has 0 aliphatic rings. The van der Waals surface area contributed by atoms with Gasteiger partial charge in [-0.1, -0.05) is 36.4 Å². The van der Waals surface area contributed by atoms with Crippen LogP contribution in [0.3, 0.4) is 0 Å². The van der Waals surface area contributed by atoms with Gasteiger partial charge in [0.2, 0.25) is 0 Å². The highest BCUT2D eigenvalue weighted by Gasteiger charge is 2.15. The van der Waals surface area contributed by atoms with Gasteiger partial charge in [0, 0.05) is 33.9 Å². The molecule has 142 valence electrons. The number of fused-ring (bicyclic) bond motifs is 1. The second-order valence-corrected chi connectivity index (χ2v) is 7.18. The summed E-state index contributed by atoms with van der Waals surface area (Å²) in [6.45, 7) is 0. The van der Waals surface area contributed by atoms with Crippen LogP contribution < -0.4 is 9.80 Å². The van der Waals surface area contributed by atoms with Crippen molar-refractivity contribution in [3.05, 3.63) is 60.7 Å². The third-order valence-corrected chi connectivity index (χ3v) is 4.75. The maximum Gasteiger partial charge on any atom is 0.143 e. The maximum atomic E-state index is 10.6. The van der Waals surface area contributed by atoms with E-state index in [1.54, 1.807) is 6.07 Å². The van der Waals surface area contributed by atoms with Gasteiger partial charge in [-0.2, -0.15) is 0 Å². The molecule has 0 fully saturated rings. The summed E-state index contributed by atoms with van der Waals surface area (Å²) in [6.07, 6.45) is 0. The standard InChI is InChI=1S/C22H23N5O/c1-25(2)17-13-18-22(20(14-17)26(3)4)24-27(23-18)19-11-10-16(12-21(19)28)15-8-6-5-7-9-15/h5-14,28H,1-4H3. The minimum Gasteiger partial charge on any atom is -0.506 e. The Hall–Kier alpha value is -3.54. The van der Waals surface area contributed by atoms with E-state index < -0.39 is 0 Å². The molecule has 0 bridgehead atoms. The number of benzene rings is 3. The lowest BCUT2D eigenvalue weighted by atomic mass is 10.1. The maximum absolute atomic E-state index is 10.6. The SMILES string of the molecule is CN(C)c1cc(N(C)C)c2nn(-c3ccc(-c4ccccc4)cc3O)nc2c1. The minimum absolute atomic E-state index is 0.140. The molecule has 4 aromatic rings. The van der Waals surface area contributed by atoms with E-state index in [1.807, 2.05) is 86.5 Å². The van der Waals surface area contributed by atoms with E-state index in [9.17, 15) is 5.11 Å². The molecule has 0 amide bonds. The molecule has 0 atom stereocenters. The zero-order valence-corrected chi connectivity index (χ0v) is 16.5. The Balaban J connectivity index is 1.82. The second-order valence-electron chi connectivity index (χ2n) is 7.18. The van der Waals surface area contributed by atoms with Gasteiger partial charge in [-0.25, -0.2) is 0 Å². The fourth-order valence-corrected chi connectivity index (χ4v) is 3.20. The van der Waals surface area contributed by atoms with Crippen molar-refractivity contribution in [1.29, 1.82) is 0 Å². The summed E-state index contributed by atoms with van der Waals surface area (Å²) in [7, 11) is 7.97. The normalized spacial score (nSPS) is 11.0. The van der Waals surface area contributed by atoms with Crippen LogP contribution in [0.25, 0.3) is 27.8 Å². The molecule has 0 saturated heterocycles. The van der Waals surface area contributed by atoms with Crippen molar-refractivity contribution >= 4 is 22.4 Å². The topological polar surface area (TPSA) is 57.4 Å². The molecule has 6 heteroatoms. The van der Waals surface area contributed by atoms with Gasteiger partial charge in [0.05, 0.1) is 5.69 Å². The highest BCUT2D eigenvalue weighted by Crippen LogP contribution is 2.32. The van der Waals surface area contributed by atoms with E-state index in [0.29, 0.717) is 5.69 Å². The van der Waals surface area contributed by atoms with Crippen LogP contribution in [0.4, 0.5) is 11.4 Å². The number of hydrogen-bond donors (Lipinski definition) is 1. The van der Waals surface area contributed by atoms with Crippen LogP contribution in [0.1, 0.15) is 0 Å². The second kappa shape index (κ2) is 6.88. The zero-order chi connectivity index (χ0) is 19.8. The number of rotatable bonds is 4. The van der Waals surface area contributed by atoms with Gasteiger partial charge >= 0.3 is 0 Å². The molecule has 1 aromatic heterocycles. The number of aromatic hydroxyl groups is 1. The van der Waals surface area contributed by atoms with Crippen LogP contribution in [0.2, 0.25) is 0 Å². The van der Waals surface area contributed by atoms with Crippen molar-refractivity contribution in [2.24, 2.45) is 0 Å². The average Bonchev–Trinajstić information content (AvgIpc) is 3.11. The molecule has 4 rings (SSSR count). The Bertz CT molecular complexity index is 1130. The summed E-state index contributed by atoms with van der Waals surface area (Å²) >= 11 is 0. The van der Waals surface area contributed by atoms with Crippen molar-refractivity contribution in [2.75, 3.05) is 38.0 Å². The van der Waals surface area contributed by atoms with Gasteiger partial charge in [0.25, 0.3) is 0 Å². The summed E-state index contributed by atoms with van der Waals surface area (Å²) in [5, 5.41) is 19.9. The van der Waals surface area contributed by atoms with E-state index in [0.717, 1.165) is 33.5 Å². The lowest BCUT2D eigenvalue weighted by molar-refractivity contribution is 0.468. The first kappa shape index (κ1) is 17.9. The fourth-order valence-electron chi connectivity index (χ4n) is 3.20. The Kier molecular flexibility index (Phi) is 4.39. The van der Waals surface area contributed by atoms with E-state index in [-0.39, 0.29) is 5.75 Å². The number of aromatic nitrogens is 3. The molecule has 0 aliphatic heterocycles. The first-order chi connectivity index (χ1) is 13.4. The predicted octanol–water partition coefficient (Wildman–Crippen LogP) is 3.93. The first-order valence-electron chi connectivity index (χ1n) is 9.08. The van der Waals surface area contributed by atoms with Crippen molar-refractivity contribution in [2.45, 2.75) is 0 Å². The smallest absolute Gasteiger partial charge is 0.143 e. The van der Waals surface area contributed by atoms with E-state index >= 15 is 0 Å². The monoisotopic (exact) mass is 373 g/mol. The molecule has 0 unspecified atom stereocenters. The van der Waals surface area contributed by atoms with Gasteiger partial charge in [0.15, 0.2) is 0 Å². The number of phenols is 1. The summed E-state index contributed by atoms with van der Waals surface area (Å²) in [4.78, 5) is 5.56. The lowest BCUT2D eigenvalue weighted by Gasteiger charge is -2.17. The van der Waals surface area contributed by atoms with Crippen molar-refractivity contribution < 1.29 is 5.11 Å². The molecule has 0 saturated carbocycles. The highest BCUT2D eigenvalue weighted by atomic mass is 16.3. The summed E-state index contributed by atoms with van der Waals surface area (Å²) in [5.74, 6) is 0.140. The van der Waals surface area contributed by atoms with Gasteiger partial charge in [-0.15, -0.1) is 15.0 Å². The highest BCUT2D eigenvalue weighted by molar-refractivity contribution is 5.91. The van der Waals surface area contributed by atoms with Crippen molar-refractivity contribution in [1.82, 2.24) is 15.0 Å². The first-order valence-corrected chi connectivity index (χ1v) is 9.08. The number of phenolic OH excluding ortho intramolecular Hbond substituents is 1. The van der Waals surface area contributed by atoms with Crippen LogP contribution in [0.5, 0.6) is 5.75 Å². The van der Waals surface area contributed by atoms with Gasteiger partial charge in [-0.05, 0) is 35.4 Å². The van der Waals surface area contributed by atoms with Crippen molar-refractivity contribution in [3.8, 4) is 22.6 Å². The quantitative estimate of drug-likeness (QED) is 0.587. The molecular weight excluding hydrogens is 350 g/mol. The van der Waals surface area contributed by atoms with Crippen molar-refractivity contribution in [3.63, 3.8) is 0 Å². The zero-order valence-electron chi connectivity index (χ0n) is 16.5. The Morgan fingerprint density at radius 3 is 2.18 bits per heavy atom. The van der Waals surface area contributed by atoms with Crippen LogP contribution >= 0.6 is 0 Å². The van der Waals surface area contributed by atoms with Crippen LogP contribution in [-0.4, -0.2) is 48.3 Å². The molecule has 6 nitrogen and oxygen atoms in total. The molecule has 0 spiro atoms. The van der Waals surface area contributed by atoms with Gasteiger partial charge in [0.1, 0.15) is 22.5 Å². The third-order valence-electron chi connectivity index (χ3n) is 4.75. The summed E-state index contributed by atoms with van der Waals surface area (Å²) in [6, 6.07) is 19.6. The summed E-state index contributed by atoms with van der Waals surface area (Å²) in [5.41, 5.74) is 6.14. The number of anilines is 2. The number of nitrogens with zero attached hydrogens (tertiary/aromatic N) is 5. The molecule has 28 heavy (non-hydrogen) atoms. The van der Waals surface area contributed by atoms with Gasteiger partial charge < -0.3 is 14.9 Å². The van der Waals surface area contributed by atoms with Crippen LogP contribution in [-0.2, 0) is 0 Å². The van der Waals surface area contributed by atoms with Crippen LogP contribution in [0, 0.1) is 0 Å². The third kappa shape index (κ3) is 3.13. The molecule has 1 heterocycles.